The summed E-state index contributed by atoms with van der Waals surface area (Å²) in [5.41, 5.74) is 3.23. The highest BCUT2D eigenvalue weighted by Crippen LogP contribution is 2.44. The molecule has 1 aromatic carbocycles. The van der Waals surface area contributed by atoms with Crippen LogP contribution in [0.2, 0.25) is 0 Å². The van der Waals surface area contributed by atoms with E-state index >= 15 is 0 Å². The van der Waals surface area contributed by atoms with Crippen LogP contribution in [0.4, 0.5) is 0 Å². The molecule has 0 atom stereocenters. The molecule has 154 valence electrons. The van der Waals surface area contributed by atoms with Crippen LogP contribution in [0.15, 0.2) is 24.3 Å². The third kappa shape index (κ3) is 5.65. The third-order valence-corrected chi connectivity index (χ3v) is 7.56. The number of unbranched alkanes of at least 4 members (excludes halogenated alkanes) is 5. The Kier molecular flexibility index (Phi) is 8.51. The zero-order valence-electron chi connectivity index (χ0n) is 18.0. The van der Waals surface area contributed by atoms with E-state index in [4.69, 9.17) is 0 Å². The summed E-state index contributed by atoms with van der Waals surface area (Å²) in [4.78, 5) is 0. The van der Waals surface area contributed by atoms with E-state index < -0.39 is 0 Å². The van der Waals surface area contributed by atoms with Crippen molar-refractivity contribution in [3.8, 4) is 10.6 Å². The quantitative estimate of drug-likeness (QED) is 0.357. The predicted octanol–water partition coefficient (Wildman–Crippen LogP) is 8.11. The van der Waals surface area contributed by atoms with Crippen LogP contribution in [0, 0.1) is 0 Å². The summed E-state index contributed by atoms with van der Waals surface area (Å²) in [7, 11) is 0. The molecule has 0 bridgehead atoms. The van der Waals surface area contributed by atoms with Crippen LogP contribution in [0.1, 0.15) is 108 Å². The van der Waals surface area contributed by atoms with Gasteiger partial charge < -0.3 is 0 Å². The Bertz CT molecular complexity index is 683. The van der Waals surface area contributed by atoms with Crippen LogP contribution >= 0.6 is 11.3 Å². The van der Waals surface area contributed by atoms with E-state index in [0.29, 0.717) is 5.41 Å². The van der Waals surface area contributed by atoms with Crippen molar-refractivity contribution in [2.45, 2.75) is 109 Å². The average Bonchev–Trinajstić information content (AvgIpc) is 3.21. The fourth-order valence-corrected chi connectivity index (χ4v) is 5.65. The first-order chi connectivity index (χ1) is 13.8. The number of nitrogens with zero attached hydrogens (tertiary/aromatic N) is 2. The Morgan fingerprint density at radius 2 is 1.54 bits per heavy atom. The summed E-state index contributed by atoms with van der Waals surface area (Å²) in [6.07, 6.45) is 18.6. The molecule has 3 heteroatoms. The number of hydrogen-bond acceptors (Lipinski definition) is 3. The van der Waals surface area contributed by atoms with Crippen LogP contribution in [-0.2, 0) is 11.8 Å². The van der Waals surface area contributed by atoms with Gasteiger partial charge in [-0.3, -0.25) is 0 Å². The molecule has 28 heavy (non-hydrogen) atoms. The normalized spacial score (nSPS) is 16.4. The fourth-order valence-electron chi connectivity index (χ4n) is 4.77. The molecule has 1 heterocycles. The molecule has 0 radical (unpaired) electrons. The Hall–Kier alpha value is -1.22. The molecule has 1 fully saturated rings. The summed E-state index contributed by atoms with van der Waals surface area (Å²) in [6, 6.07) is 9.39. The van der Waals surface area contributed by atoms with E-state index in [0.717, 1.165) is 11.4 Å². The lowest BCUT2D eigenvalue weighted by molar-refractivity contribution is 0.266. The number of rotatable bonds is 11. The molecule has 1 saturated carbocycles. The second-order valence-electron chi connectivity index (χ2n) is 8.69. The maximum atomic E-state index is 4.47. The van der Waals surface area contributed by atoms with Gasteiger partial charge in [0.05, 0.1) is 0 Å². The highest BCUT2D eigenvalue weighted by molar-refractivity contribution is 7.14. The van der Waals surface area contributed by atoms with Crippen molar-refractivity contribution in [1.29, 1.82) is 0 Å². The minimum absolute atomic E-state index is 0.428. The summed E-state index contributed by atoms with van der Waals surface area (Å²) in [5, 5.41) is 11.2. The van der Waals surface area contributed by atoms with Gasteiger partial charge in [0.15, 0.2) is 0 Å². The molecule has 3 rings (SSSR count). The summed E-state index contributed by atoms with van der Waals surface area (Å²) in [6.45, 7) is 4.57. The van der Waals surface area contributed by atoms with Crippen molar-refractivity contribution >= 4 is 11.3 Å². The second-order valence-corrected chi connectivity index (χ2v) is 9.75. The number of aryl methyl sites for hydroxylation is 1. The molecule has 0 N–H and O–H groups in total. The molecule has 0 spiro atoms. The van der Waals surface area contributed by atoms with Gasteiger partial charge in [-0.25, -0.2) is 0 Å². The van der Waals surface area contributed by atoms with Crippen molar-refractivity contribution in [2.75, 3.05) is 0 Å². The molecular formula is C25H38N2S. The van der Waals surface area contributed by atoms with E-state index in [1.54, 1.807) is 16.9 Å². The minimum Gasteiger partial charge on any atom is -0.143 e. The van der Waals surface area contributed by atoms with Gasteiger partial charge >= 0.3 is 0 Å². The predicted molar refractivity (Wildman–Crippen MR) is 122 cm³/mol. The van der Waals surface area contributed by atoms with Crippen LogP contribution < -0.4 is 0 Å². The second kappa shape index (κ2) is 11.1. The van der Waals surface area contributed by atoms with E-state index in [1.165, 1.54) is 94.0 Å². The van der Waals surface area contributed by atoms with Gasteiger partial charge in [0.2, 0.25) is 0 Å². The summed E-state index contributed by atoms with van der Waals surface area (Å²) in [5.74, 6) is 0. The maximum Gasteiger partial charge on any atom is 0.147 e. The van der Waals surface area contributed by atoms with Crippen molar-refractivity contribution in [3.05, 3.63) is 34.8 Å². The Morgan fingerprint density at radius 3 is 2.25 bits per heavy atom. The van der Waals surface area contributed by atoms with Crippen molar-refractivity contribution in [1.82, 2.24) is 10.2 Å². The zero-order valence-corrected chi connectivity index (χ0v) is 18.8. The van der Waals surface area contributed by atoms with E-state index in [1.807, 2.05) is 0 Å². The zero-order chi connectivity index (χ0) is 19.7. The molecule has 2 nitrogen and oxygen atoms in total. The molecule has 1 aliphatic carbocycles. The van der Waals surface area contributed by atoms with Gasteiger partial charge in [-0.15, -0.1) is 10.2 Å². The van der Waals surface area contributed by atoms with Crippen LogP contribution in [-0.4, -0.2) is 10.2 Å². The molecule has 1 aliphatic rings. The average molecular weight is 399 g/mol. The highest BCUT2D eigenvalue weighted by atomic mass is 32.1. The molecule has 0 aliphatic heterocycles. The standard InChI is InChI=1S/C25H38N2S/c1-3-5-7-9-13-23-26-27-24(28-23)21-14-16-22(17-15-21)25(18-10-6-4-2)19-11-8-12-20-25/h14-17H,3-13,18-20H2,1-2H3. The Morgan fingerprint density at radius 1 is 0.821 bits per heavy atom. The van der Waals surface area contributed by atoms with Gasteiger partial charge in [0.25, 0.3) is 0 Å². The Labute approximate surface area is 176 Å². The van der Waals surface area contributed by atoms with Gasteiger partial charge in [-0.05, 0) is 36.7 Å². The minimum atomic E-state index is 0.428. The van der Waals surface area contributed by atoms with Crippen molar-refractivity contribution in [3.63, 3.8) is 0 Å². The molecule has 0 saturated heterocycles. The topological polar surface area (TPSA) is 25.8 Å². The number of aromatic nitrogens is 2. The van der Waals surface area contributed by atoms with Crippen LogP contribution in [0.5, 0.6) is 0 Å². The smallest absolute Gasteiger partial charge is 0.143 e. The van der Waals surface area contributed by atoms with Crippen LogP contribution in [0.25, 0.3) is 10.6 Å². The van der Waals surface area contributed by atoms with Crippen molar-refractivity contribution in [2.24, 2.45) is 0 Å². The first kappa shape index (κ1) is 21.5. The lowest BCUT2D eigenvalue weighted by Gasteiger charge is -2.38. The lowest BCUT2D eigenvalue weighted by Crippen LogP contribution is -2.29. The van der Waals surface area contributed by atoms with Crippen LogP contribution in [0.3, 0.4) is 0 Å². The molecule has 0 amide bonds. The van der Waals surface area contributed by atoms with E-state index in [-0.39, 0.29) is 0 Å². The molecule has 1 aromatic heterocycles. The first-order valence-electron chi connectivity index (χ1n) is 11.7. The lowest BCUT2D eigenvalue weighted by atomic mass is 9.66. The molecule has 0 unspecified atom stereocenters. The number of benzene rings is 1. The van der Waals surface area contributed by atoms with Gasteiger partial charge in [-0.2, -0.15) is 0 Å². The monoisotopic (exact) mass is 398 g/mol. The van der Waals surface area contributed by atoms with E-state index in [2.05, 4.69) is 48.3 Å². The van der Waals surface area contributed by atoms with E-state index in [9.17, 15) is 0 Å². The molecular weight excluding hydrogens is 360 g/mol. The fraction of sp³-hybridized carbons (Fsp3) is 0.680. The highest BCUT2D eigenvalue weighted by Gasteiger charge is 2.33. The summed E-state index contributed by atoms with van der Waals surface area (Å²) >= 11 is 1.78. The van der Waals surface area contributed by atoms with Gasteiger partial charge in [0.1, 0.15) is 10.0 Å². The van der Waals surface area contributed by atoms with Gasteiger partial charge in [-0.1, -0.05) is 107 Å². The Balaban J connectivity index is 1.67. The summed E-state index contributed by atoms with van der Waals surface area (Å²) < 4.78 is 0. The molecule has 2 aromatic rings. The first-order valence-corrected chi connectivity index (χ1v) is 12.5. The number of hydrogen-bond donors (Lipinski definition) is 0. The third-order valence-electron chi connectivity index (χ3n) is 6.52. The maximum absolute atomic E-state index is 4.47. The largest absolute Gasteiger partial charge is 0.147 e. The SMILES string of the molecule is CCCCCCc1nnc(-c2ccc(C3(CCCCC)CCCCC3)cc2)s1. The van der Waals surface area contributed by atoms with Gasteiger partial charge in [0, 0.05) is 12.0 Å². The van der Waals surface area contributed by atoms with Crippen molar-refractivity contribution < 1.29 is 0 Å².